The largest absolute Gasteiger partial charge is 0.394 e. The molecule has 0 aliphatic heterocycles. The van der Waals surface area contributed by atoms with Crippen LogP contribution in [0.5, 0.6) is 0 Å². The molecule has 3 aromatic rings. The van der Waals surface area contributed by atoms with Gasteiger partial charge in [-0.25, -0.2) is 4.57 Å². The Morgan fingerprint density at radius 1 is 0.795 bits per heavy atom. The van der Waals surface area contributed by atoms with E-state index in [1.807, 2.05) is 44.6 Å². The first-order valence-electron chi connectivity index (χ1n) is 15.2. The highest BCUT2D eigenvalue weighted by Gasteiger charge is 2.03. The van der Waals surface area contributed by atoms with Crippen LogP contribution in [-0.2, 0) is 6.54 Å². The van der Waals surface area contributed by atoms with Crippen LogP contribution in [0, 0.1) is 0 Å². The number of hydrogen-bond donors (Lipinski definition) is 4. The second-order valence-electron chi connectivity index (χ2n) is 10.3. The monoisotopic (exact) mass is 631 g/mol. The van der Waals surface area contributed by atoms with E-state index in [9.17, 15) is 0 Å². The van der Waals surface area contributed by atoms with Crippen LogP contribution >= 0.6 is 21.6 Å². The van der Waals surface area contributed by atoms with Gasteiger partial charge in [0, 0.05) is 54.3 Å². The summed E-state index contributed by atoms with van der Waals surface area (Å²) in [6.07, 6.45) is 13.2. The number of allylic oxidation sites excluding steroid dienone is 4. The van der Waals surface area contributed by atoms with E-state index in [4.69, 9.17) is 10.2 Å². The number of aliphatic imine (C=N–C) groups is 1. The van der Waals surface area contributed by atoms with Crippen molar-refractivity contribution in [3.8, 4) is 0 Å². The molecule has 44 heavy (non-hydrogen) atoms. The Labute approximate surface area is 271 Å². The summed E-state index contributed by atoms with van der Waals surface area (Å²) in [5, 5.41) is 25.0. The normalized spacial score (nSPS) is 12.6. The zero-order valence-electron chi connectivity index (χ0n) is 26.2. The van der Waals surface area contributed by atoms with Crippen LogP contribution < -0.4 is 15.2 Å². The van der Waals surface area contributed by atoms with Crippen molar-refractivity contribution in [3.63, 3.8) is 0 Å². The number of nitrogens with one attached hydrogen (secondary N) is 2. The van der Waals surface area contributed by atoms with Crippen molar-refractivity contribution in [1.82, 2.24) is 0 Å². The van der Waals surface area contributed by atoms with Gasteiger partial charge in [0.1, 0.15) is 6.61 Å². The average Bonchev–Trinajstić information content (AvgIpc) is 3.04. The molecule has 0 atom stereocenters. The third-order valence-corrected chi connectivity index (χ3v) is 9.31. The van der Waals surface area contributed by atoms with Crippen molar-refractivity contribution in [2.24, 2.45) is 4.99 Å². The molecule has 1 aromatic heterocycles. The van der Waals surface area contributed by atoms with Crippen LogP contribution in [0.25, 0.3) is 17.7 Å². The Balaban J connectivity index is 1.31. The molecule has 0 unspecified atom stereocenters. The molecule has 0 bridgehead atoms. The number of rotatable bonds is 19. The van der Waals surface area contributed by atoms with Gasteiger partial charge in [-0.05, 0) is 84.0 Å². The van der Waals surface area contributed by atoms with Crippen LogP contribution in [0.15, 0.2) is 95.3 Å². The molecule has 0 radical (unpaired) electrons. The third kappa shape index (κ3) is 13.1. The molecule has 0 amide bonds. The van der Waals surface area contributed by atoms with Gasteiger partial charge in [-0.1, -0.05) is 64.9 Å². The molecule has 234 valence electrons. The summed E-state index contributed by atoms with van der Waals surface area (Å²) in [6.45, 7) is 9.54. The summed E-state index contributed by atoms with van der Waals surface area (Å²) >= 11 is 0. The number of anilines is 2. The minimum absolute atomic E-state index is 0.0795. The molecule has 0 aliphatic carbocycles. The van der Waals surface area contributed by atoms with E-state index in [2.05, 4.69) is 109 Å². The summed E-state index contributed by atoms with van der Waals surface area (Å²) in [4.78, 5) is 4.17. The number of benzene rings is 2. The topological polar surface area (TPSA) is 80.8 Å². The highest BCUT2D eigenvalue weighted by atomic mass is 33.1. The molecule has 0 fully saturated rings. The van der Waals surface area contributed by atoms with Gasteiger partial charge >= 0.3 is 0 Å². The summed E-state index contributed by atoms with van der Waals surface area (Å²) in [5.41, 5.74) is 9.49. The van der Waals surface area contributed by atoms with E-state index >= 15 is 0 Å². The molecule has 2 aromatic carbocycles. The smallest absolute Gasteiger partial charge is 0.171 e. The van der Waals surface area contributed by atoms with Crippen molar-refractivity contribution in [2.45, 2.75) is 33.7 Å². The maximum atomic E-state index is 9.08. The molecule has 0 saturated carbocycles. The summed E-state index contributed by atoms with van der Waals surface area (Å²) in [5.74, 6) is 2.08. The highest BCUT2D eigenvalue weighted by Crippen LogP contribution is 2.22. The first kappa shape index (κ1) is 35.2. The number of aliphatic hydroxyl groups is 2. The Morgan fingerprint density at radius 2 is 1.36 bits per heavy atom. The van der Waals surface area contributed by atoms with E-state index in [1.165, 1.54) is 33.4 Å². The van der Waals surface area contributed by atoms with Crippen LogP contribution in [-0.4, -0.2) is 60.8 Å². The van der Waals surface area contributed by atoms with Gasteiger partial charge in [0.2, 0.25) is 0 Å². The molecule has 3 rings (SSSR count). The van der Waals surface area contributed by atoms with Crippen molar-refractivity contribution in [3.05, 3.63) is 107 Å². The molecular formula is C36H47N4O2S2+. The second-order valence-corrected chi connectivity index (χ2v) is 13.0. The van der Waals surface area contributed by atoms with Gasteiger partial charge in [0.25, 0.3) is 0 Å². The lowest BCUT2D eigenvalue weighted by Gasteiger charge is -2.09. The van der Waals surface area contributed by atoms with Crippen LogP contribution in [0.1, 0.15) is 43.9 Å². The quantitative estimate of drug-likeness (QED) is 0.0368. The zero-order valence-corrected chi connectivity index (χ0v) is 27.8. The van der Waals surface area contributed by atoms with Crippen molar-refractivity contribution in [1.29, 1.82) is 0 Å². The van der Waals surface area contributed by atoms with Gasteiger partial charge in [0.15, 0.2) is 18.9 Å². The number of aromatic nitrogens is 1. The lowest BCUT2D eigenvalue weighted by atomic mass is 10.0. The lowest BCUT2D eigenvalue weighted by Crippen LogP contribution is -2.34. The third-order valence-electron chi connectivity index (χ3n) is 6.90. The van der Waals surface area contributed by atoms with E-state index < -0.39 is 0 Å². The van der Waals surface area contributed by atoms with Gasteiger partial charge in [-0.3, -0.25) is 4.99 Å². The minimum atomic E-state index is 0.0795. The fourth-order valence-electron chi connectivity index (χ4n) is 4.45. The van der Waals surface area contributed by atoms with Gasteiger partial charge in [-0.15, -0.1) is 0 Å². The number of pyridine rings is 1. The van der Waals surface area contributed by atoms with Crippen LogP contribution in [0.4, 0.5) is 11.4 Å². The van der Waals surface area contributed by atoms with E-state index in [-0.39, 0.29) is 13.2 Å². The molecular weight excluding hydrogens is 585 g/mol. The Hall–Kier alpha value is -3.30. The summed E-state index contributed by atoms with van der Waals surface area (Å²) in [6, 6.07) is 21.3. The number of hydrogen-bond acceptors (Lipinski definition) is 7. The second kappa shape index (κ2) is 20.6. The standard InChI is InChI=1S/C36H46N4O2S2/c1-4-33(13-16-37-17-23-41)29(2)27-31-5-9-35(10-6-31)38-18-25-43-44-26-19-39-36-11-7-32(8-12-36)28-30(3)34-14-20-40(21-15-34)22-24-42/h5-16,20-21,27-28,41-42H,4,17-19,22-26H2,1-3H3,(H,37,38)/p+1. The predicted molar refractivity (Wildman–Crippen MR) is 195 cm³/mol. The Bertz CT molecular complexity index is 1370. The molecule has 1 heterocycles. The first-order chi connectivity index (χ1) is 21.5. The van der Waals surface area contributed by atoms with Gasteiger partial charge in [0.05, 0.1) is 13.2 Å². The van der Waals surface area contributed by atoms with Crippen molar-refractivity contribution >= 4 is 56.9 Å². The lowest BCUT2D eigenvalue weighted by molar-refractivity contribution is -0.698. The average molecular weight is 632 g/mol. The molecule has 4 N–H and O–H groups in total. The van der Waals surface area contributed by atoms with Gasteiger partial charge < -0.3 is 20.8 Å². The molecule has 0 aliphatic rings. The molecule has 0 saturated heterocycles. The maximum Gasteiger partial charge on any atom is 0.171 e. The Kier molecular flexibility index (Phi) is 16.5. The van der Waals surface area contributed by atoms with Crippen molar-refractivity contribution in [2.75, 3.05) is 55.0 Å². The SMILES string of the molecule is CCC(=C\C=NCCO)/C(C)=C/c1ccc(NCCSSCCNc2ccc(C=C(C)c3cc[n+](CCO)cc3)cc2)cc1. The predicted octanol–water partition coefficient (Wildman–Crippen LogP) is 7.24. The first-order valence-corrected chi connectivity index (χ1v) is 17.7. The van der Waals surface area contributed by atoms with Crippen LogP contribution in [0.2, 0.25) is 0 Å². The van der Waals surface area contributed by atoms with E-state index in [1.54, 1.807) is 6.21 Å². The highest BCUT2D eigenvalue weighted by molar-refractivity contribution is 8.76. The van der Waals surface area contributed by atoms with Crippen molar-refractivity contribution < 1.29 is 14.8 Å². The minimum Gasteiger partial charge on any atom is -0.394 e. The van der Waals surface area contributed by atoms with E-state index in [0.717, 1.165) is 42.4 Å². The number of aliphatic hydroxyl groups excluding tert-OH is 2. The molecule has 8 heteroatoms. The van der Waals surface area contributed by atoms with E-state index in [0.29, 0.717) is 13.1 Å². The molecule has 0 spiro atoms. The summed E-state index contributed by atoms with van der Waals surface area (Å²) in [7, 11) is 3.79. The zero-order chi connectivity index (χ0) is 31.4. The molecule has 6 nitrogen and oxygen atoms in total. The van der Waals surface area contributed by atoms with Gasteiger partial charge in [-0.2, -0.15) is 0 Å². The Morgan fingerprint density at radius 3 is 1.89 bits per heavy atom. The number of nitrogens with zero attached hydrogens (tertiary/aromatic N) is 2. The summed E-state index contributed by atoms with van der Waals surface area (Å²) < 4.78 is 1.98. The fourth-order valence-corrected chi connectivity index (χ4v) is 6.26. The maximum absolute atomic E-state index is 9.08. The fraction of sp³-hybridized carbons (Fsp3) is 0.333. The van der Waals surface area contributed by atoms with Crippen LogP contribution in [0.3, 0.4) is 0 Å².